The van der Waals surface area contributed by atoms with Gasteiger partial charge in [0.25, 0.3) is 0 Å². The predicted molar refractivity (Wildman–Crippen MR) is 64.0 cm³/mol. The minimum Gasteiger partial charge on any atom is -0.316 e. The second-order valence-electron chi connectivity index (χ2n) is 3.96. The second kappa shape index (κ2) is 3.99. The van der Waals surface area contributed by atoms with Gasteiger partial charge in [0.05, 0.1) is 5.52 Å². The molecular formula is C13H16N2. The molecule has 15 heavy (non-hydrogen) atoms. The molecule has 1 heterocycles. The normalized spacial score (nSPS) is 10.9. The minimum atomic E-state index is 0.893. The van der Waals surface area contributed by atoms with Crippen LogP contribution in [0.25, 0.3) is 10.9 Å². The Balaban J connectivity index is 2.60. The molecule has 0 bridgehead atoms. The van der Waals surface area contributed by atoms with Crippen LogP contribution in [-0.4, -0.2) is 12.0 Å². The van der Waals surface area contributed by atoms with Crippen LogP contribution in [-0.2, 0) is 6.54 Å². The Morgan fingerprint density at radius 1 is 1.20 bits per heavy atom. The summed E-state index contributed by atoms with van der Waals surface area (Å²) >= 11 is 0. The van der Waals surface area contributed by atoms with Crippen molar-refractivity contribution in [2.24, 2.45) is 0 Å². The van der Waals surface area contributed by atoms with Crippen molar-refractivity contribution < 1.29 is 0 Å². The highest BCUT2D eigenvalue weighted by Gasteiger charge is 2.01. The highest BCUT2D eigenvalue weighted by molar-refractivity contribution is 5.82. The van der Waals surface area contributed by atoms with Gasteiger partial charge in [0.2, 0.25) is 0 Å². The molecule has 1 N–H and O–H groups in total. The van der Waals surface area contributed by atoms with Gasteiger partial charge in [0.15, 0.2) is 0 Å². The summed E-state index contributed by atoms with van der Waals surface area (Å²) in [4.78, 5) is 4.55. The number of nitrogens with zero attached hydrogens (tertiary/aromatic N) is 1. The van der Waals surface area contributed by atoms with E-state index in [1.807, 2.05) is 14.0 Å². The number of aromatic nitrogens is 1. The van der Waals surface area contributed by atoms with Crippen LogP contribution in [0.4, 0.5) is 0 Å². The molecule has 2 rings (SSSR count). The molecule has 0 aliphatic carbocycles. The van der Waals surface area contributed by atoms with E-state index in [0.717, 1.165) is 17.8 Å². The molecule has 0 unspecified atom stereocenters. The molecule has 0 atom stereocenters. The fraction of sp³-hybridized carbons (Fsp3) is 0.308. The summed E-state index contributed by atoms with van der Waals surface area (Å²) in [5.41, 5.74) is 4.76. The number of rotatable bonds is 2. The standard InChI is InChI=1S/C13H16N2/c1-9-6-10(2)15-13-7-11(8-14-3)4-5-12(9)13/h4-7,14H,8H2,1-3H3. The van der Waals surface area contributed by atoms with Crippen LogP contribution in [0.5, 0.6) is 0 Å². The average molecular weight is 200 g/mol. The first-order valence-corrected chi connectivity index (χ1v) is 5.22. The van der Waals surface area contributed by atoms with Crippen molar-refractivity contribution >= 4 is 10.9 Å². The second-order valence-corrected chi connectivity index (χ2v) is 3.96. The lowest BCUT2D eigenvalue weighted by atomic mass is 10.1. The molecule has 2 aromatic rings. The lowest BCUT2D eigenvalue weighted by molar-refractivity contribution is 0.819. The Morgan fingerprint density at radius 2 is 2.00 bits per heavy atom. The van der Waals surface area contributed by atoms with Crippen molar-refractivity contribution in [2.75, 3.05) is 7.05 Å². The third-order valence-corrected chi connectivity index (χ3v) is 2.59. The topological polar surface area (TPSA) is 24.9 Å². The Morgan fingerprint density at radius 3 is 2.73 bits per heavy atom. The number of nitrogens with one attached hydrogen (secondary N) is 1. The van der Waals surface area contributed by atoms with Gasteiger partial charge in [-0.15, -0.1) is 0 Å². The number of hydrogen-bond acceptors (Lipinski definition) is 2. The molecule has 0 radical (unpaired) electrons. The van der Waals surface area contributed by atoms with E-state index in [2.05, 4.69) is 41.5 Å². The summed E-state index contributed by atoms with van der Waals surface area (Å²) < 4.78 is 0. The number of aryl methyl sites for hydroxylation is 2. The first-order valence-electron chi connectivity index (χ1n) is 5.22. The van der Waals surface area contributed by atoms with Crippen LogP contribution in [0.15, 0.2) is 24.3 Å². The molecule has 2 nitrogen and oxygen atoms in total. The largest absolute Gasteiger partial charge is 0.316 e. The van der Waals surface area contributed by atoms with Crippen molar-refractivity contribution in [1.29, 1.82) is 0 Å². The van der Waals surface area contributed by atoms with Crippen LogP contribution in [0.1, 0.15) is 16.8 Å². The summed E-state index contributed by atoms with van der Waals surface area (Å²) in [5.74, 6) is 0. The Bertz CT molecular complexity index is 489. The molecule has 1 aromatic heterocycles. The first kappa shape index (κ1) is 10.1. The van der Waals surface area contributed by atoms with Gasteiger partial charge in [-0.2, -0.15) is 0 Å². The van der Waals surface area contributed by atoms with E-state index < -0.39 is 0 Å². The van der Waals surface area contributed by atoms with E-state index in [4.69, 9.17) is 0 Å². The van der Waals surface area contributed by atoms with Crippen molar-refractivity contribution in [3.63, 3.8) is 0 Å². The molecule has 0 spiro atoms. The number of benzene rings is 1. The van der Waals surface area contributed by atoms with Gasteiger partial charge in [0, 0.05) is 17.6 Å². The fourth-order valence-corrected chi connectivity index (χ4v) is 1.93. The molecule has 0 saturated heterocycles. The monoisotopic (exact) mass is 200 g/mol. The summed E-state index contributed by atoms with van der Waals surface area (Å²) in [6.45, 7) is 5.07. The lowest BCUT2D eigenvalue weighted by Crippen LogP contribution is -2.04. The Kier molecular flexibility index (Phi) is 2.69. The fourth-order valence-electron chi connectivity index (χ4n) is 1.93. The van der Waals surface area contributed by atoms with E-state index in [-0.39, 0.29) is 0 Å². The zero-order valence-corrected chi connectivity index (χ0v) is 9.46. The maximum atomic E-state index is 4.55. The number of hydrogen-bond donors (Lipinski definition) is 1. The van der Waals surface area contributed by atoms with Gasteiger partial charge in [-0.1, -0.05) is 12.1 Å². The molecule has 2 heteroatoms. The highest BCUT2D eigenvalue weighted by atomic mass is 14.8. The molecule has 0 aliphatic rings. The van der Waals surface area contributed by atoms with Crippen LogP contribution in [0.2, 0.25) is 0 Å². The highest BCUT2D eigenvalue weighted by Crippen LogP contribution is 2.18. The third kappa shape index (κ3) is 2.00. The number of fused-ring (bicyclic) bond motifs is 1. The minimum absolute atomic E-state index is 0.893. The zero-order chi connectivity index (χ0) is 10.8. The molecule has 0 saturated carbocycles. The van der Waals surface area contributed by atoms with E-state index >= 15 is 0 Å². The average Bonchev–Trinajstić information content (AvgIpc) is 2.17. The SMILES string of the molecule is CNCc1ccc2c(C)cc(C)nc2c1. The van der Waals surface area contributed by atoms with Gasteiger partial charge in [-0.05, 0) is 44.2 Å². The van der Waals surface area contributed by atoms with Crippen LogP contribution < -0.4 is 5.32 Å². The molecule has 0 fully saturated rings. The summed E-state index contributed by atoms with van der Waals surface area (Å²) in [6.07, 6.45) is 0. The molecule has 78 valence electrons. The van der Waals surface area contributed by atoms with E-state index in [0.29, 0.717) is 0 Å². The van der Waals surface area contributed by atoms with E-state index in [9.17, 15) is 0 Å². The maximum absolute atomic E-state index is 4.55. The summed E-state index contributed by atoms with van der Waals surface area (Å²) in [7, 11) is 1.96. The molecule has 0 aliphatic heterocycles. The van der Waals surface area contributed by atoms with Gasteiger partial charge in [-0.3, -0.25) is 4.98 Å². The van der Waals surface area contributed by atoms with Gasteiger partial charge < -0.3 is 5.32 Å². The summed E-state index contributed by atoms with van der Waals surface area (Å²) in [5, 5.41) is 4.40. The molecule has 0 amide bonds. The van der Waals surface area contributed by atoms with Crippen LogP contribution in [0.3, 0.4) is 0 Å². The molecule has 1 aromatic carbocycles. The predicted octanol–water partition coefficient (Wildman–Crippen LogP) is 2.57. The molecular weight excluding hydrogens is 184 g/mol. The van der Waals surface area contributed by atoms with E-state index in [1.54, 1.807) is 0 Å². The van der Waals surface area contributed by atoms with Gasteiger partial charge in [-0.25, -0.2) is 0 Å². The van der Waals surface area contributed by atoms with Gasteiger partial charge in [0.1, 0.15) is 0 Å². The summed E-state index contributed by atoms with van der Waals surface area (Å²) in [6, 6.07) is 8.60. The zero-order valence-electron chi connectivity index (χ0n) is 9.46. The smallest absolute Gasteiger partial charge is 0.0711 e. The Hall–Kier alpha value is -1.41. The Labute approximate surface area is 90.3 Å². The number of pyridine rings is 1. The maximum Gasteiger partial charge on any atom is 0.0711 e. The van der Waals surface area contributed by atoms with Crippen molar-refractivity contribution in [2.45, 2.75) is 20.4 Å². The third-order valence-electron chi connectivity index (χ3n) is 2.59. The van der Waals surface area contributed by atoms with Gasteiger partial charge >= 0.3 is 0 Å². The van der Waals surface area contributed by atoms with Crippen molar-refractivity contribution in [3.8, 4) is 0 Å². The lowest BCUT2D eigenvalue weighted by Gasteiger charge is -2.06. The van der Waals surface area contributed by atoms with Crippen molar-refractivity contribution in [3.05, 3.63) is 41.1 Å². The quantitative estimate of drug-likeness (QED) is 0.806. The first-order chi connectivity index (χ1) is 7.20. The van der Waals surface area contributed by atoms with Crippen molar-refractivity contribution in [1.82, 2.24) is 10.3 Å². The van der Waals surface area contributed by atoms with Crippen LogP contribution in [0, 0.1) is 13.8 Å². The van der Waals surface area contributed by atoms with Crippen LogP contribution >= 0.6 is 0 Å². The van der Waals surface area contributed by atoms with E-state index in [1.165, 1.54) is 16.5 Å².